The van der Waals surface area contributed by atoms with Crippen molar-refractivity contribution in [1.29, 1.82) is 0 Å². The summed E-state index contributed by atoms with van der Waals surface area (Å²) in [5.74, 6) is 0.801. The molecular weight excluding hydrogens is 401 g/mol. The molecule has 0 N–H and O–H groups in total. The van der Waals surface area contributed by atoms with Crippen molar-refractivity contribution in [2.75, 3.05) is 44.4 Å². The Morgan fingerprint density at radius 1 is 1.00 bits per heavy atom. The summed E-state index contributed by atoms with van der Waals surface area (Å²) in [6, 6.07) is 11.8. The van der Waals surface area contributed by atoms with E-state index >= 15 is 0 Å². The maximum atomic E-state index is 13.2. The molecule has 31 heavy (non-hydrogen) atoms. The van der Waals surface area contributed by atoms with E-state index in [1.54, 1.807) is 17.0 Å². The molecule has 2 aromatic carbocycles. The Morgan fingerprint density at radius 3 is 2.52 bits per heavy atom. The Balaban J connectivity index is 1.15. The molecule has 2 saturated heterocycles. The third-order valence-electron chi connectivity index (χ3n) is 6.14. The monoisotopic (exact) mass is 425 g/mol. The Bertz CT molecular complexity index is 989. The first-order chi connectivity index (χ1) is 15.1. The van der Waals surface area contributed by atoms with Crippen LogP contribution in [0.1, 0.15) is 12.0 Å². The average molecular weight is 425 g/mol. The van der Waals surface area contributed by atoms with Crippen molar-refractivity contribution in [3.05, 3.63) is 53.8 Å². The van der Waals surface area contributed by atoms with Gasteiger partial charge in [0.15, 0.2) is 11.5 Å². The van der Waals surface area contributed by atoms with Crippen LogP contribution >= 0.6 is 0 Å². The zero-order valence-corrected chi connectivity index (χ0v) is 17.1. The predicted molar refractivity (Wildman–Crippen MR) is 111 cm³/mol. The highest BCUT2D eigenvalue weighted by Gasteiger charge is 2.38. The number of ether oxygens (including phenoxy) is 2. The molecule has 162 valence electrons. The van der Waals surface area contributed by atoms with Gasteiger partial charge in [0.25, 0.3) is 0 Å². The summed E-state index contributed by atoms with van der Waals surface area (Å²) in [6.07, 6.45) is 0.202. The van der Waals surface area contributed by atoms with Crippen LogP contribution in [0.3, 0.4) is 0 Å². The van der Waals surface area contributed by atoms with Crippen LogP contribution in [-0.2, 0) is 16.1 Å². The predicted octanol–water partition coefficient (Wildman–Crippen LogP) is 2.25. The Labute approximate surface area is 179 Å². The summed E-state index contributed by atoms with van der Waals surface area (Å²) in [5.41, 5.74) is 1.79. The van der Waals surface area contributed by atoms with Gasteiger partial charge < -0.3 is 19.3 Å². The molecule has 8 heteroatoms. The Kier molecular flexibility index (Phi) is 5.23. The minimum atomic E-state index is -0.349. The molecular formula is C23H24FN3O4. The highest BCUT2D eigenvalue weighted by atomic mass is 19.1. The molecule has 0 radical (unpaired) electrons. The van der Waals surface area contributed by atoms with Crippen molar-refractivity contribution in [1.82, 2.24) is 9.80 Å². The van der Waals surface area contributed by atoms with Gasteiger partial charge in [-0.1, -0.05) is 6.07 Å². The van der Waals surface area contributed by atoms with Gasteiger partial charge in [-0.2, -0.15) is 0 Å². The number of benzene rings is 2. The largest absolute Gasteiger partial charge is 0.454 e. The smallest absolute Gasteiger partial charge is 0.231 e. The summed E-state index contributed by atoms with van der Waals surface area (Å²) in [4.78, 5) is 31.2. The summed E-state index contributed by atoms with van der Waals surface area (Å²) in [5, 5.41) is 0. The zero-order valence-electron chi connectivity index (χ0n) is 17.1. The number of hydrogen-bond donors (Lipinski definition) is 0. The normalized spacial score (nSPS) is 21.1. The van der Waals surface area contributed by atoms with E-state index in [9.17, 15) is 14.0 Å². The molecule has 7 nitrogen and oxygen atoms in total. The van der Waals surface area contributed by atoms with Crippen LogP contribution in [0, 0.1) is 11.7 Å². The number of fused-ring (bicyclic) bond motifs is 1. The van der Waals surface area contributed by atoms with Gasteiger partial charge in [0.2, 0.25) is 18.6 Å². The third kappa shape index (κ3) is 4.07. The highest BCUT2D eigenvalue weighted by molar-refractivity contribution is 6.00. The van der Waals surface area contributed by atoms with Crippen molar-refractivity contribution < 1.29 is 23.5 Å². The Hall–Kier alpha value is -3.13. The lowest BCUT2D eigenvalue weighted by molar-refractivity contribution is -0.137. The van der Waals surface area contributed by atoms with Crippen LogP contribution < -0.4 is 14.4 Å². The van der Waals surface area contributed by atoms with Gasteiger partial charge in [0, 0.05) is 51.4 Å². The number of nitrogens with zero attached hydrogens (tertiary/aromatic N) is 3. The van der Waals surface area contributed by atoms with Gasteiger partial charge in [-0.15, -0.1) is 0 Å². The van der Waals surface area contributed by atoms with E-state index in [0.29, 0.717) is 25.3 Å². The van der Waals surface area contributed by atoms with Crippen molar-refractivity contribution in [3.8, 4) is 11.5 Å². The summed E-state index contributed by atoms with van der Waals surface area (Å²) >= 11 is 0. The minimum absolute atomic E-state index is 0.0284. The number of halogens is 1. The van der Waals surface area contributed by atoms with E-state index in [1.807, 2.05) is 23.1 Å². The molecule has 0 bridgehead atoms. The number of carbonyl (C=O) groups is 2. The van der Waals surface area contributed by atoms with Gasteiger partial charge >= 0.3 is 0 Å². The van der Waals surface area contributed by atoms with E-state index in [-0.39, 0.29) is 36.8 Å². The lowest BCUT2D eigenvalue weighted by atomic mass is 10.1. The number of amides is 2. The second kappa shape index (κ2) is 8.19. The van der Waals surface area contributed by atoms with Gasteiger partial charge in [0.05, 0.1) is 5.92 Å². The van der Waals surface area contributed by atoms with E-state index in [1.165, 1.54) is 12.1 Å². The first kappa shape index (κ1) is 19.8. The molecule has 2 amide bonds. The van der Waals surface area contributed by atoms with Crippen LogP contribution in [0.5, 0.6) is 11.5 Å². The van der Waals surface area contributed by atoms with E-state index in [4.69, 9.17) is 9.47 Å². The second-order valence-electron chi connectivity index (χ2n) is 8.17. The fourth-order valence-electron chi connectivity index (χ4n) is 4.43. The SMILES string of the molecule is O=C(C1CC(=O)N(c2ccc(F)cc2)C1)N1CCN(Cc2ccc3c(c2)OCO3)CC1. The van der Waals surface area contributed by atoms with E-state index < -0.39 is 0 Å². The summed E-state index contributed by atoms with van der Waals surface area (Å²) < 4.78 is 24.0. The molecule has 2 fully saturated rings. The second-order valence-corrected chi connectivity index (χ2v) is 8.17. The lowest BCUT2D eigenvalue weighted by Crippen LogP contribution is -2.50. The topological polar surface area (TPSA) is 62.3 Å². The third-order valence-corrected chi connectivity index (χ3v) is 6.14. The van der Waals surface area contributed by atoms with Crippen molar-refractivity contribution >= 4 is 17.5 Å². The maximum absolute atomic E-state index is 13.2. The van der Waals surface area contributed by atoms with Gasteiger partial charge in [-0.3, -0.25) is 14.5 Å². The first-order valence-corrected chi connectivity index (χ1v) is 10.5. The van der Waals surface area contributed by atoms with E-state index in [0.717, 1.165) is 36.7 Å². The molecule has 0 saturated carbocycles. The number of rotatable bonds is 4. The first-order valence-electron chi connectivity index (χ1n) is 10.5. The molecule has 3 heterocycles. The molecule has 0 aliphatic carbocycles. The summed E-state index contributed by atoms with van der Waals surface area (Å²) in [7, 11) is 0. The van der Waals surface area contributed by atoms with Crippen LogP contribution in [0.15, 0.2) is 42.5 Å². The molecule has 2 aromatic rings. The van der Waals surface area contributed by atoms with Gasteiger partial charge in [0.1, 0.15) is 5.82 Å². The highest BCUT2D eigenvalue weighted by Crippen LogP contribution is 2.33. The van der Waals surface area contributed by atoms with Gasteiger partial charge in [-0.25, -0.2) is 4.39 Å². The lowest BCUT2D eigenvalue weighted by Gasteiger charge is -2.36. The number of carbonyl (C=O) groups excluding carboxylic acids is 2. The fourth-order valence-corrected chi connectivity index (χ4v) is 4.43. The summed E-state index contributed by atoms with van der Waals surface area (Å²) in [6.45, 7) is 4.25. The van der Waals surface area contributed by atoms with Crippen LogP contribution in [0.25, 0.3) is 0 Å². The molecule has 0 spiro atoms. The average Bonchev–Trinajstić information content (AvgIpc) is 3.40. The molecule has 0 aromatic heterocycles. The number of hydrogen-bond acceptors (Lipinski definition) is 5. The van der Waals surface area contributed by atoms with E-state index in [2.05, 4.69) is 4.90 Å². The maximum Gasteiger partial charge on any atom is 0.231 e. The quantitative estimate of drug-likeness (QED) is 0.752. The molecule has 3 aliphatic heterocycles. The van der Waals surface area contributed by atoms with Crippen LogP contribution in [-0.4, -0.2) is 61.1 Å². The van der Waals surface area contributed by atoms with Crippen molar-refractivity contribution in [3.63, 3.8) is 0 Å². The molecule has 3 aliphatic rings. The molecule has 1 atom stereocenters. The minimum Gasteiger partial charge on any atom is -0.454 e. The van der Waals surface area contributed by atoms with Crippen LogP contribution in [0.2, 0.25) is 0 Å². The number of piperazine rings is 1. The fraction of sp³-hybridized carbons (Fsp3) is 0.391. The van der Waals surface area contributed by atoms with Gasteiger partial charge in [-0.05, 0) is 42.0 Å². The number of anilines is 1. The molecule has 1 unspecified atom stereocenters. The van der Waals surface area contributed by atoms with Crippen molar-refractivity contribution in [2.45, 2.75) is 13.0 Å². The van der Waals surface area contributed by atoms with Crippen molar-refractivity contribution in [2.24, 2.45) is 5.92 Å². The zero-order chi connectivity index (χ0) is 21.4. The van der Waals surface area contributed by atoms with Crippen LogP contribution in [0.4, 0.5) is 10.1 Å². The molecule has 5 rings (SSSR count). The standard InChI is InChI=1S/C23H24FN3O4/c24-18-2-4-19(5-3-18)27-14-17(12-22(27)28)23(29)26-9-7-25(8-10-26)13-16-1-6-20-21(11-16)31-15-30-20/h1-6,11,17H,7-10,12-15H2. The Morgan fingerprint density at radius 2 is 1.74 bits per heavy atom.